The molecule has 5 rings (SSSR count). The van der Waals surface area contributed by atoms with Crippen molar-refractivity contribution in [1.29, 1.82) is 0 Å². The van der Waals surface area contributed by atoms with E-state index in [-0.39, 0.29) is 5.91 Å². The van der Waals surface area contributed by atoms with Crippen molar-refractivity contribution in [3.8, 4) is 0 Å². The number of aliphatic imine (C=N–C) groups is 1. The van der Waals surface area contributed by atoms with Gasteiger partial charge in [0.1, 0.15) is 11.9 Å². The van der Waals surface area contributed by atoms with Crippen LogP contribution in [0.4, 0.5) is 5.82 Å². The third kappa shape index (κ3) is 3.51. The molecule has 4 aromatic rings. The Morgan fingerprint density at radius 2 is 1.63 bits per heavy atom. The van der Waals surface area contributed by atoms with Crippen molar-refractivity contribution >= 4 is 40.4 Å². The maximum Gasteiger partial charge on any atom is 0.250 e. The van der Waals surface area contributed by atoms with Crippen LogP contribution in [0.3, 0.4) is 0 Å². The van der Waals surface area contributed by atoms with Gasteiger partial charge in [-0.25, -0.2) is 0 Å². The Morgan fingerprint density at radius 3 is 2.43 bits per heavy atom. The largest absolute Gasteiger partial charge is 0.322 e. The minimum atomic E-state index is -0.456. The number of aromatic nitrogens is 1. The minimum absolute atomic E-state index is 0.0889. The summed E-state index contributed by atoms with van der Waals surface area (Å²) < 4.78 is 2.14. The van der Waals surface area contributed by atoms with Gasteiger partial charge in [0.25, 0.3) is 5.91 Å². The number of anilines is 1. The second kappa shape index (κ2) is 7.81. The molecule has 0 saturated carbocycles. The summed E-state index contributed by atoms with van der Waals surface area (Å²) in [5.74, 6) is 0.699. The van der Waals surface area contributed by atoms with Gasteiger partial charge in [0.2, 0.25) is 0 Å². The fourth-order valence-corrected chi connectivity index (χ4v) is 4.07. The van der Waals surface area contributed by atoms with E-state index in [4.69, 9.17) is 11.6 Å². The Morgan fingerprint density at radius 1 is 0.900 bits per heavy atom. The van der Waals surface area contributed by atoms with Gasteiger partial charge in [0.15, 0.2) is 0 Å². The molecule has 4 nitrogen and oxygen atoms in total. The number of fused-ring (bicyclic) bond motifs is 3. The van der Waals surface area contributed by atoms with Gasteiger partial charge >= 0.3 is 0 Å². The second-order valence-corrected chi connectivity index (χ2v) is 7.90. The lowest BCUT2D eigenvalue weighted by molar-refractivity contribution is -0.117. The van der Waals surface area contributed by atoms with E-state index in [0.29, 0.717) is 18.0 Å². The van der Waals surface area contributed by atoms with Gasteiger partial charge in [-0.3, -0.25) is 9.79 Å². The lowest BCUT2D eigenvalue weighted by atomic mass is 10.1. The molecule has 0 fully saturated rings. The van der Waals surface area contributed by atoms with Gasteiger partial charge in [0, 0.05) is 35.2 Å². The first kappa shape index (κ1) is 18.6. The average Bonchev–Trinajstić information content (AvgIpc) is 2.95. The van der Waals surface area contributed by atoms with E-state index in [2.05, 4.69) is 27.0 Å². The summed E-state index contributed by atoms with van der Waals surface area (Å²) in [4.78, 5) is 17.7. The Bertz CT molecular complexity index is 1240. The van der Waals surface area contributed by atoms with Crippen LogP contribution >= 0.6 is 11.6 Å². The maximum absolute atomic E-state index is 13.1. The quantitative estimate of drug-likeness (QED) is 0.483. The SMILES string of the molecule is O=C1Nc2c(c3ccccc3n2Cc2ccc(Cl)cc2)C=NC1Cc1ccccc1. The van der Waals surface area contributed by atoms with E-state index >= 15 is 0 Å². The number of nitrogens with one attached hydrogen (secondary N) is 1. The van der Waals surface area contributed by atoms with Gasteiger partial charge < -0.3 is 9.88 Å². The first-order valence-corrected chi connectivity index (χ1v) is 10.3. The summed E-state index contributed by atoms with van der Waals surface area (Å²) in [5, 5.41) is 4.94. The minimum Gasteiger partial charge on any atom is -0.322 e. The summed E-state index contributed by atoms with van der Waals surface area (Å²) in [6.45, 7) is 0.629. The molecular weight excluding hydrogens is 394 g/mol. The van der Waals surface area contributed by atoms with Gasteiger partial charge in [-0.05, 0) is 29.3 Å². The summed E-state index contributed by atoms with van der Waals surface area (Å²) in [5.41, 5.74) is 4.21. The molecule has 2 heterocycles. The van der Waals surface area contributed by atoms with E-state index in [0.717, 1.165) is 33.4 Å². The highest BCUT2D eigenvalue weighted by atomic mass is 35.5. The molecule has 148 valence electrons. The number of para-hydroxylation sites is 1. The molecule has 3 aromatic carbocycles. The predicted molar refractivity (Wildman–Crippen MR) is 123 cm³/mol. The van der Waals surface area contributed by atoms with Crippen molar-refractivity contribution in [2.75, 3.05) is 5.32 Å². The highest BCUT2D eigenvalue weighted by molar-refractivity contribution is 6.30. The average molecular weight is 414 g/mol. The first-order valence-electron chi connectivity index (χ1n) is 9.93. The second-order valence-electron chi connectivity index (χ2n) is 7.46. The van der Waals surface area contributed by atoms with Crippen molar-refractivity contribution in [2.45, 2.75) is 19.0 Å². The molecule has 0 saturated heterocycles. The topological polar surface area (TPSA) is 46.4 Å². The number of carbonyl (C=O) groups is 1. The molecule has 1 amide bonds. The number of amides is 1. The smallest absolute Gasteiger partial charge is 0.250 e. The van der Waals surface area contributed by atoms with Crippen LogP contribution < -0.4 is 5.32 Å². The van der Waals surface area contributed by atoms with E-state index in [1.165, 1.54) is 0 Å². The molecule has 0 aliphatic carbocycles. The van der Waals surface area contributed by atoms with Crippen molar-refractivity contribution in [3.63, 3.8) is 0 Å². The van der Waals surface area contributed by atoms with Gasteiger partial charge in [-0.1, -0.05) is 72.3 Å². The van der Waals surface area contributed by atoms with E-state index < -0.39 is 6.04 Å². The predicted octanol–water partition coefficient (Wildman–Crippen LogP) is 5.33. The van der Waals surface area contributed by atoms with Crippen LogP contribution in [0.5, 0.6) is 0 Å². The molecule has 1 unspecified atom stereocenters. The number of nitrogens with zero attached hydrogens (tertiary/aromatic N) is 2. The standard InChI is InChI=1S/C25H20ClN3O/c26-19-12-10-18(11-13-19)16-29-23-9-5-4-8-20(23)21-15-27-22(25(30)28-24(21)29)14-17-6-2-1-3-7-17/h1-13,15,22H,14,16H2,(H,28,30). The van der Waals surface area contributed by atoms with Crippen LogP contribution in [0.2, 0.25) is 5.02 Å². The molecule has 1 aromatic heterocycles. The monoisotopic (exact) mass is 413 g/mol. The van der Waals surface area contributed by atoms with Crippen LogP contribution in [-0.4, -0.2) is 22.7 Å². The molecule has 5 heteroatoms. The molecule has 1 aliphatic heterocycles. The maximum atomic E-state index is 13.1. The summed E-state index contributed by atoms with van der Waals surface area (Å²) in [7, 11) is 0. The molecule has 1 N–H and O–H groups in total. The van der Waals surface area contributed by atoms with Crippen LogP contribution in [0.1, 0.15) is 16.7 Å². The lowest BCUT2D eigenvalue weighted by Crippen LogP contribution is -2.28. The number of halogens is 1. The molecule has 1 atom stereocenters. The summed E-state index contributed by atoms with van der Waals surface area (Å²) >= 11 is 6.05. The number of hydrogen-bond donors (Lipinski definition) is 1. The molecule has 1 aliphatic rings. The zero-order valence-corrected chi connectivity index (χ0v) is 17.0. The highest BCUT2D eigenvalue weighted by Crippen LogP contribution is 2.32. The fraction of sp³-hybridized carbons (Fsp3) is 0.120. The third-order valence-electron chi connectivity index (χ3n) is 5.46. The van der Waals surface area contributed by atoms with E-state index in [9.17, 15) is 4.79 Å². The number of benzene rings is 3. The van der Waals surface area contributed by atoms with Crippen molar-refractivity contribution < 1.29 is 4.79 Å². The third-order valence-corrected chi connectivity index (χ3v) is 5.72. The Hall–Kier alpha value is -3.37. The van der Waals surface area contributed by atoms with Crippen LogP contribution in [0.15, 0.2) is 83.9 Å². The highest BCUT2D eigenvalue weighted by Gasteiger charge is 2.26. The summed E-state index contributed by atoms with van der Waals surface area (Å²) in [6.07, 6.45) is 2.42. The fourth-order valence-electron chi connectivity index (χ4n) is 3.95. The molecule has 0 bridgehead atoms. The van der Waals surface area contributed by atoms with Crippen LogP contribution in [0.25, 0.3) is 10.9 Å². The van der Waals surface area contributed by atoms with Crippen molar-refractivity contribution in [3.05, 3.63) is 101 Å². The normalized spacial score (nSPS) is 15.6. The van der Waals surface area contributed by atoms with Gasteiger partial charge in [-0.2, -0.15) is 0 Å². The molecule has 0 spiro atoms. The summed E-state index contributed by atoms with van der Waals surface area (Å²) in [6, 6.07) is 25.5. The van der Waals surface area contributed by atoms with Crippen LogP contribution in [0, 0.1) is 0 Å². The van der Waals surface area contributed by atoms with E-state index in [1.54, 1.807) is 0 Å². The van der Waals surface area contributed by atoms with Crippen molar-refractivity contribution in [2.24, 2.45) is 4.99 Å². The molecule has 30 heavy (non-hydrogen) atoms. The first-order chi connectivity index (χ1) is 14.7. The number of carbonyl (C=O) groups excluding carboxylic acids is 1. The Balaban J connectivity index is 1.55. The van der Waals surface area contributed by atoms with Crippen molar-refractivity contribution in [1.82, 2.24) is 4.57 Å². The van der Waals surface area contributed by atoms with E-state index in [1.807, 2.05) is 72.9 Å². The lowest BCUT2D eigenvalue weighted by Gasteiger charge is -2.14. The zero-order chi connectivity index (χ0) is 20.5. The van der Waals surface area contributed by atoms with Crippen LogP contribution in [-0.2, 0) is 17.8 Å². The Kier molecular flexibility index (Phi) is 4.85. The number of hydrogen-bond acceptors (Lipinski definition) is 2. The molecular formula is C25H20ClN3O. The number of rotatable bonds is 4. The van der Waals surface area contributed by atoms with Gasteiger partial charge in [0.05, 0.1) is 5.52 Å². The Labute approximate surface area is 179 Å². The van der Waals surface area contributed by atoms with Gasteiger partial charge in [-0.15, -0.1) is 0 Å². The zero-order valence-electron chi connectivity index (χ0n) is 16.3. The molecule has 0 radical (unpaired) electrons.